The summed E-state index contributed by atoms with van der Waals surface area (Å²) in [5.74, 6) is 1.28. The first-order valence-electron chi connectivity index (χ1n) is 10.7. The Bertz CT molecular complexity index is 1330. The number of hydrogen-bond donors (Lipinski definition) is 0. The Morgan fingerprint density at radius 3 is 2.38 bits per heavy atom. The second-order valence-corrected chi connectivity index (χ2v) is 7.73. The monoisotopic (exact) mass is 463 g/mol. The van der Waals surface area contributed by atoms with E-state index in [2.05, 4.69) is 20.3 Å². The average Bonchev–Trinajstić information content (AvgIpc) is 3.32. The van der Waals surface area contributed by atoms with Crippen LogP contribution in [0, 0.1) is 5.82 Å². The largest absolute Gasteiger partial charge is 0.497 e. The molecule has 2 aromatic heterocycles. The third-order valence-corrected chi connectivity index (χ3v) is 5.74. The van der Waals surface area contributed by atoms with Gasteiger partial charge in [-0.2, -0.15) is 4.68 Å². The molecule has 1 amide bonds. The van der Waals surface area contributed by atoms with E-state index in [-0.39, 0.29) is 11.7 Å². The number of methoxy groups -OCH3 is 2. The molecular formula is C23H22FN7O3. The van der Waals surface area contributed by atoms with Gasteiger partial charge in [-0.05, 0) is 30.3 Å². The summed E-state index contributed by atoms with van der Waals surface area (Å²) in [6.45, 7) is 2.13. The molecule has 0 spiro atoms. The van der Waals surface area contributed by atoms with Crippen molar-refractivity contribution in [3.05, 3.63) is 60.2 Å². The maximum absolute atomic E-state index is 13.7. The van der Waals surface area contributed by atoms with Gasteiger partial charge in [-0.15, -0.1) is 5.10 Å². The van der Waals surface area contributed by atoms with Gasteiger partial charge in [-0.1, -0.05) is 11.3 Å². The Hall–Kier alpha value is -4.28. The van der Waals surface area contributed by atoms with Crippen molar-refractivity contribution in [3.63, 3.8) is 0 Å². The minimum atomic E-state index is -0.370. The van der Waals surface area contributed by atoms with Gasteiger partial charge in [0.05, 0.1) is 19.9 Å². The van der Waals surface area contributed by atoms with E-state index in [1.807, 2.05) is 4.90 Å². The van der Waals surface area contributed by atoms with Gasteiger partial charge in [-0.25, -0.2) is 14.4 Å². The molecule has 5 rings (SSSR count). The Balaban J connectivity index is 1.35. The SMILES string of the molecule is COc1cc(OC)cc(C(=O)N2CCN(c3ncnc4c3nnn4-c3cccc(F)c3)CC2)c1. The van der Waals surface area contributed by atoms with Gasteiger partial charge in [0.1, 0.15) is 23.6 Å². The van der Waals surface area contributed by atoms with Gasteiger partial charge in [0.2, 0.25) is 0 Å². The summed E-state index contributed by atoms with van der Waals surface area (Å²) in [5.41, 5.74) is 2.03. The van der Waals surface area contributed by atoms with Gasteiger partial charge in [0.15, 0.2) is 17.0 Å². The normalized spacial score (nSPS) is 13.9. The first kappa shape index (κ1) is 21.6. The Labute approximate surface area is 194 Å². The van der Waals surface area contributed by atoms with E-state index in [1.54, 1.807) is 49.5 Å². The van der Waals surface area contributed by atoms with E-state index in [0.29, 0.717) is 65.9 Å². The molecule has 0 unspecified atom stereocenters. The molecule has 174 valence electrons. The fraction of sp³-hybridized carbons (Fsp3) is 0.261. The van der Waals surface area contributed by atoms with Crippen LogP contribution < -0.4 is 14.4 Å². The number of ether oxygens (including phenoxy) is 2. The number of nitrogens with zero attached hydrogens (tertiary/aromatic N) is 7. The van der Waals surface area contributed by atoms with Crippen LogP contribution in [0.3, 0.4) is 0 Å². The van der Waals surface area contributed by atoms with E-state index >= 15 is 0 Å². The van der Waals surface area contributed by atoms with E-state index in [4.69, 9.17) is 9.47 Å². The van der Waals surface area contributed by atoms with Crippen molar-refractivity contribution < 1.29 is 18.7 Å². The highest BCUT2D eigenvalue weighted by molar-refractivity contribution is 5.95. The zero-order chi connectivity index (χ0) is 23.7. The van der Waals surface area contributed by atoms with E-state index in [1.165, 1.54) is 23.1 Å². The summed E-state index contributed by atoms with van der Waals surface area (Å²) in [7, 11) is 3.10. The number of benzene rings is 2. The lowest BCUT2D eigenvalue weighted by atomic mass is 10.1. The number of anilines is 1. The van der Waals surface area contributed by atoms with Crippen LogP contribution in [0.2, 0.25) is 0 Å². The summed E-state index contributed by atoms with van der Waals surface area (Å²) >= 11 is 0. The van der Waals surface area contributed by atoms with Crippen molar-refractivity contribution >= 4 is 22.9 Å². The van der Waals surface area contributed by atoms with Crippen molar-refractivity contribution in [2.45, 2.75) is 0 Å². The molecule has 0 radical (unpaired) electrons. The van der Waals surface area contributed by atoms with Crippen molar-refractivity contribution in [2.75, 3.05) is 45.3 Å². The molecule has 0 N–H and O–H groups in total. The molecule has 3 heterocycles. The fourth-order valence-corrected chi connectivity index (χ4v) is 3.98. The second-order valence-electron chi connectivity index (χ2n) is 7.73. The zero-order valence-corrected chi connectivity index (χ0v) is 18.7. The molecule has 0 saturated carbocycles. The number of rotatable bonds is 5. The number of halogens is 1. The van der Waals surface area contributed by atoms with Crippen LogP contribution in [0.4, 0.5) is 10.2 Å². The minimum absolute atomic E-state index is 0.0956. The highest BCUT2D eigenvalue weighted by Gasteiger charge is 2.26. The first-order chi connectivity index (χ1) is 16.6. The van der Waals surface area contributed by atoms with Gasteiger partial charge in [0.25, 0.3) is 5.91 Å². The second kappa shape index (κ2) is 8.93. The lowest BCUT2D eigenvalue weighted by Crippen LogP contribution is -2.49. The summed E-state index contributed by atoms with van der Waals surface area (Å²) in [6.07, 6.45) is 1.44. The standard InChI is InChI=1S/C23H22FN7O3/c1-33-18-10-15(11-19(13-18)34-2)23(32)30-8-6-29(7-9-30)21-20-22(26-14-25-21)31(28-27-20)17-5-3-4-16(24)12-17/h3-5,10-14H,6-9H2,1-2H3. The number of amides is 1. The average molecular weight is 463 g/mol. The van der Waals surface area contributed by atoms with Crippen LogP contribution in [0.5, 0.6) is 11.5 Å². The molecule has 1 aliphatic heterocycles. The first-order valence-corrected chi connectivity index (χ1v) is 10.7. The number of carbonyl (C=O) groups is 1. The molecule has 0 aliphatic carbocycles. The van der Waals surface area contributed by atoms with Gasteiger partial charge >= 0.3 is 0 Å². The number of hydrogen-bond acceptors (Lipinski definition) is 8. The number of fused-ring (bicyclic) bond motifs is 1. The van der Waals surface area contributed by atoms with Gasteiger partial charge in [0, 0.05) is 37.8 Å². The predicted octanol–water partition coefficient (Wildman–Crippen LogP) is 2.33. The smallest absolute Gasteiger partial charge is 0.254 e. The molecular weight excluding hydrogens is 441 g/mol. The molecule has 1 fully saturated rings. The van der Waals surface area contributed by atoms with Crippen LogP contribution in [0.15, 0.2) is 48.8 Å². The fourth-order valence-electron chi connectivity index (χ4n) is 3.98. The summed E-state index contributed by atoms with van der Waals surface area (Å²) in [6, 6.07) is 11.2. The van der Waals surface area contributed by atoms with E-state index < -0.39 is 0 Å². The summed E-state index contributed by atoms with van der Waals surface area (Å²) in [4.78, 5) is 25.6. The van der Waals surface area contributed by atoms with Crippen molar-refractivity contribution in [1.29, 1.82) is 0 Å². The number of carbonyl (C=O) groups excluding carboxylic acids is 1. The molecule has 10 nitrogen and oxygen atoms in total. The van der Waals surface area contributed by atoms with E-state index in [9.17, 15) is 9.18 Å². The van der Waals surface area contributed by atoms with E-state index in [0.717, 1.165) is 0 Å². The van der Waals surface area contributed by atoms with Gasteiger partial charge in [-0.3, -0.25) is 4.79 Å². The quantitative estimate of drug-likeness (QED) is 0.445. The molecule has 2 aromatic carbocycles. The molecule has 0 bridgehead atoms. The molecule has 1 saturated heterocycles. The lowest BCUT2D eigenvalue weighted by Gasteiger charge is -2.35. The Morgan fingerprint density at radius 1 is 0.971 bits per heavy atom. The third kappa shape index (κ3) is 3.96. The maximum Gasteiger partial charge on any atom is 0.254 e. The van der Waals surface area contributed by atoms with Gasteiger partial charge < -0.3 is 19.3 Å². The third-order valence-electron chi connectivity index (χ3n) is 5.74. The van der Waals surface area contributed by atoms with Crippen molar-refractivity contribution in [1.82, 2.24) is 29.9 Å². The van der Waals surface area contributed by atoms with Crippen LogP contribution in [0.25, 0.3) is 16.9 Å². The summed E-state index contributed by atoms with van der Waals surface area (Å²) in [5, 5.41) is 8.42. The van der Waals surface area contributed by atoms with Crippen molar-refractivity contribution in [2.24, 2.45) is 0 Å². The topological polar surface area (TPSA) is 98.5 Å². The van der Waals surface area contributed by atoms with Crippen LogP contribution in [-0.4, -0.2) is 76.2 Å². The highest BCUT2D eigenvalue weighted by atomic mass is 19.1. The molecule has 1 aliphatic rings. The maximum atomic E-state index is 13.7. The lowest BCUT2D eigenvalue weighted by molar-refractivity contribution is 0.0746. The molecule has 34 heavy (non-hydrogen) atoms. The Kier molecular flexibility index (Phi) is 5.66. The molecule has 4 aromatic rings. The minimum Gasteiger partial charge on any atom is -0.497 e. The number of piperazine rings is 1. The van der Waals surface area contributed by atoms with Crippen LogP contribution >= 0.6 is 0 Å². The molecule has 11 heteroatoms. The molecule has 0 atom stereocenters. The van der Waals surface area contributed by atoms with Crippen LogP contribution in [-0.2, 0) is 0 Å². The van der Waals surface area contributed by atoms with Crippen LogP contribution in [0.1, 0.15) is 10.4 Å². The summed E-state index contributed by atoms with van der Waals surface area (Å²) < 4.78 is 25.7. The van der Waals surface area contributed by atoms with Crippen molar-refractivity contribution in [3.8, 4) is 17.2 Å². The zero-order valence-electron chi connectivity index (χ0n) is 18.7. The predicted molar refractivity (Wildman–Crippen MR) is 122 cm³/mol. The number of aromatic nitrogens is 5. The Morgan fingerprint density at radius 2 is 1.71 bits per heavy atom. The highest BCUT2D eigenvalue weighted by Crippen LogP contribution is 2.26.